The predicted molar refractivity (Wildman–Crippen MR) is 211 cm³/mol. The Balaban J connectivity index is 0.000000279. The molecule has 1 fully saturated rings. The summed E-state index contributed by atoms with van der Waals surface area (Å²) in [6.45, 7) is 21.3. The van der Waals surface area contributed by atoms with Crippen LogP contribution in [0.3, 0.4) is 0 Å². The minimum absolute atomic E-state index is 0. The van der Waals surface area contributed by atoms with Crippen LogP contribution in [0.2, 0.25) is 0 Å². The van der Waals surface area contributed by atoms with Crippen LogP contribution in [0.5, 0.6) is 0 Å². The first kappa shape index (κ1) is 40.5. The molecule has 1 radical (unpaired) electrons. The van der Waals surface area contributed by atoms with E-state index in [1.807, 2.05) is 59.7 Å². The molecule has 1 aliphatic carbocycles. The van der Waals surface area contributed by atoms with Crippen LogP contribution in [0.25, 0.3) is 44.1 Å². The maximum atomic E-state index is 12.2. The molecule has 0 aliphatic heterocycles. The largest absolute Gasteiger partial charge is 0.512 e. The number of furan rings is 1. The van der Waals surface area contributed by atoms with Gasteiger partial charge in [-0.05, 0) is 111 Å². The minimum Gasteiger partial charge on any atom is -0.512 e. The van der Waals surface area contributed by atoms with Crippen LogP contribution < -0.4 is 0 Å². The zero-order chi connectivity index (χ0) is 36.4. The smallest absolute Gasteiger partial charge is 0.164 e. The van der Waals surface area contributed by atoms with Crippen LogP contribution in [-0.2, 0) is 24.9 Å². The molecule has 3 aromatic carbocycles. The Labute approximate surface area is 319 Å². The van der Waals surface area contributed by atoms with Crippen molar-refractivity contribution in [3.8, 4) is 11.3 Å². The molecule has 0 saturated heterocycles. The number of ketones is 1. The number of fused-ring (bicyclic) bond motifs is 4. The Kier molecular flexibility index (Phi) is 12.8. The van der Waals surface area contributed by atoms with E-state index in [4.69, 9.17) is 9.40 Å². The van der Waals surface area contributed by atoms with Crippen LogP contribution in [0.4, 0.5) is 0 Å². The second-order valence-corrected chi connectivity index (χ2v) is 16.1. The van der Waals surface area contributed by atoms with E-state index in [1.54, 1.807) is 0 Å². The Morgan fingerprint density at radius 2 is 1.57 bits per heavy atom. The van der Waals surface area contributed by atoms with E-state index in [2.05, 4.69) is 70.2 Å². The van der Waals surface area contributed by atoms with Crippen LogP contribution in [-0.4, -0.2) is 15.9 Å². The van der Waals surface area contributed by atoms with Crippen LogP contribution >= 0.6 is 0 Å². The molecule has 2 aromatic heterocycles. The summed E-state index contributed by atoms with van der Waals surface area (Å²) >= 11 is 0. The number of nitrogens with zero attached hydrogens (tertiary/aromatic N) is 1. The van der Waals surface area contributed by atoms with Gasteiger partial charge in [-0.15, -0.1) is 18.2 Å². The normalized spacial score (nSPS) is 15.5. The quantitative estimate of drug-likeness (QED) is 0.0911. The molecular formula is C46H58IrNO3-. The average molecular weight is 865 g/mol. The number of aromatic nitrogens is 1. The summed E-state index contributed by atoms with van der Waals surface area (Å²) in [5.74, 6) is 0.854. The number of para-hydroxylation sites is 1. The third kappa shape index (κ3) is 8.36. The molecule has 5 aromatic rings. The Bertz CT molecular complexity index is 2020. The monoisotopic (exact) mass is 865 g/mol. The molecule has 5 heteroatoms. The van der Waals surface area contributed by atoms with E-state index in [0.29, 0.717) is 11.3 Å². The molecule has 0 unspecified atom stereocenters. The van der Waals surface area contributed by atoms with Crippen molar-refractivity contribution in [3.63, 3.8) is 0 Å². The van der Waals surface area contributed by atoms with E-state index in [0.717, 1.165) is 64.4 Å². The molecule has 0 spiro atoms. The van der Waals surface area contributed by atoms with E-state index in [9.17, 15) is 9.90 Å². The predicted octanol–water partition coefficient (Wildman–Crippen LogP) is 13.5. The first-order valence-electron chi connectivity index (χ1n) is 18.9. The van der Waals surface area contributed by atoms with Crippen molar-refractivity contribution in [1.82, 2.24) is 4.98 Å². The summed E-state index contributed by atoms with van der Waals surface area (Å²) in [6, 6.07) is 22.7. The fourth-order valence-electron chi connectivity index (χ4n) is 7.51. The van der Waals surface area contributed by atoms with Gasteiger partial charge in [0.1, 0.15) is 11.3 Å². The zero-order valence-corrected chi connectivity index (χ0v) is 34.9. The topological polar surface area (TPSA) is 63.3 Å². The fourth-order valence-corrected chi connectivity index (χ4v) is 7.51. The number of hydrogen-bond acceptors (Lipinski definition) is 4. The number of pyridine rings is 1. The van der Waals surface area contributed by atoms with Gasteiger partial charge in [0.05, 0.1) is 11.1 Å². The van der Waals surface area contributed by atoms with Gasteiger partial charge in [0, 0.05) is 47.8 Å². The molecule has 0 amide bonds. The van der Waals surface area contributed by atoms with Gasteiger partial charge in [-0.25, -0.2) is 0 Å². The van der Waals surface area contributed by atoms with Gasteiger partial charge in [0.15, 0.2) is 5.78 Å². The van der Waals surface area contributed by atoms with Gasteiger partial charge in [0.2, 0.25) is 0 Å². The van der Waals surface area contributed by atoms with Crippen molar-refractivity contribution in [3.05, 3.63) is 89.2 Å². The van der Waals surface area contributed by atoms with Gasteiger partial charge < -0.3 is 9.52 Å². The number of aliphatic hydroxyl groups excluding tert-OH is 1. The van der Waals surface area contributed by atoms with Gasteiger partial charge >= 0.3 is 0 Å². The second kappa shape index (κ2) is 16.2. The summed E-state index contributed by atoms with van der Waals surface area (Å²) in [7, 11) is 0. The molecule has 4 nitrogen and oxygen atoms in total. The van der Waals surface area contributed by atoms with Crippen molar-refractivity contribution in [2.24, 2.45) is 16.2 Å². The third-order valence-corrected chi connectivity index (χ3v) is 12.3. The van der Waals surface area contributed by atoms with Crippen LogP contribution in [0.1, 0.15) is 129 Å². The van der Waals surface area contributed by atoms with Crippen LogP contribution in [0.15, 0.2) is 70.8 Å². The number of carbonyl (C=O) groups is 1. The molecule has 1 saturated carbocycles. The summed E-state index contributed by atoms with van der Waals surface area (Å²) in [5.41, 5.74) is 8.69. The first-order valence-corrected chi connectivity index (χ1v) is 18.9. The Hall–Kier alpha value is -3.27. The number of benzene rings is 3. The van der Waals surface area contributed by atoms with Crippen molar-refractivity contribution >= 4 is 38.6 Å². The van der Waals surface area contributed by atoms with Gasteiger partial charge in [-0.1, -0.05) is 96.7 Å². The van der Waals surface area contributed by atoms with Crippen molar-refractivity contribution in [2.75, 3.05) is 0 Å². The molecule has 1 aliphatic rings. The summed E-state index contributed by atoms with van der Waals surface area (Å²) < 4.78 is 6.34. The standard InChI is InChI=1S/C31H30NO.C15H28O2.Ir/c1-19-16-20(2)29-25(21-12-14-31(3,4)15-13-21)18-26(32-27(29)17-19)24-10-7-9-23-22-8-5-6-11-28(22)33-30(23)24;1-7-14(5,8-2)12(16)11-13(17)15(6,9-3)10-4;/h5-9,11,16-18,21H,12-15H2,1-4H3;11,16H,7-10H2,1-6H3;/q-1;;/b;12-11-;. The zero-order valence-electron chi connectivity index (χ0n) is 32.6. The second-order valence-electron chi connectivity index (χ2n) is 16.1. The van der Waals surface area contributed by atoms with E-state index < -0.39 is 0 Å². The third-order valence-electron chi connectivity index (χ3n) is 12.3. The number of allylic oxidation sites excluding steroid dienone is 2. The number of aliphatic hydroxyl groups is 1. The Morgan fingerprint density at radius 1 is 0.941 bits per heavy atom. The molecule has 1 N–H and O–H groups in total. The fraction of sp³-hybridized carbons (Fsp3) is 0.478. The molecule has 0 bridgehead atoms. The van der Waals surface area contributed by atoms with E-state index in [-0.39, 0.29) is 42.5 Å². The number of hydrogen-bond donors (Lipinski definition) is 1. The molecule has 275 valence electrons. The van der Waals surface area contributed by atoms with Gasteiger partial charge in [0.25, 0.3) is 0 Å². The molecule has 6 rings (SSSR count). The number of rotatable bonds is 9. The van der Waals surface area contributed by atoms with Crippen molar-refractivity contribution < 1.29 is 34.4 Å². The average Bonchev–Trinajstić information content (AvgIpc) is 3.49. The summed E-state index contributed by atoms with van der Waals surface area (Å²) in [6.07, 6.45) is 9.76. The summed E-state index contributed by atoms with van der Waals surface area (Å²) in [4.78, 5) is 17.4. The molecular weight excluding hydrogens is 807 g/mol. The SMILES string of the molecule is CCC(C)(CC)C(=O)/C=C(\O)C(C)(CC)CC.Cc1cc(C)c2c(C3CCC(C)(C)CC3)cc(-c3[c-]ccc4c3oc3ccccc34)nc2c1.[Ir]. The van der Waals surface area contributed by atoms with E-state index in [1.165, 1.54) is 53.8 Å². The number of aryl methyl sites for hydroxylation is 2. The summed E-state index contributed by atoms with van der Waals surface area (Å²) in [5, 5.41) is 13.7. The maximum Gasteiger partial charge on any atom is 0.164 e. The van der Waals surface area contributed by atoms with Gasteiger partial charge in [-0.2, -0.15) is 0 Å². The molecule has 51 heavy (non-hydrogen) atoms. The minimum atomic E-state index is -0.337. The van der Waals surface area contributed by atoms with Crippen molar-refractivity contribution in [1.29, 1.82) is 0 Å². The molecule has 0 atom stereocenters. The van der Waals surface area contributed by atoms with Crippen LogP contribution in [0, 0.1) is 36.2 Å². The maximum absolute atomic E-state index is 12.2. The van der Waals surface area contributed by atoms with E-state index >= 15 is 0 Å². The Morgan fingerprint density at radius 3 is 2.20 bits per heavy atom. The first-order chi connectivity index (χ1) is 23.7. The van der Waals surface area contributed by atoms with Gasteiger partial charge in [-0.3, -0.25) is 9.78 Å². The molecule has 2 heterocycles. The van der Waals surface area contributed by atoms with Crippen molar-refractivity contribution in [2.45, 2.75) is 127 Å². The number of carbonyl (C=O) groups excluding carboxylic acids is 1.